The molecule has 0 aliphatic rings. The maximum atomic E-state index is 13.1. The van der Waals surface area contributed by atoms with Crippen molar-refractivity contribution in [1.82, 2.24) is 0 Å². The van der Waals surface area contributed by atoms with Crippen LogP contribution in [0, 0.1) is 18.6 Å². The summed E-state index contributed by atoms with van der Waals surface area (Å²) in [6, 6.07) is 1.07. The van der Waals surface area contributed by atoms with Gasteiger partial charge < -0.3 is 5.73 Å². The summed E-state index contributed by atoms with van der Waals surface area (Å²) in [7, 11) is 0. The van der Waals surface area contributed by atoms with E-state index in [0.29, 0.717) is 0 Å². The minimum Gasteiger partial charge on any atom is -0.326 e. The van der Waals surface area contributed by atoms with Crippen LogP contribution in [0.15, 0.2) is 6.07 Å². The zero-order valence-electron chi connectivity index (χ0n) is 6.50. The zero-order chi connectivity index (χ0) is 9.30. The molecule has 0 saturated heterocycles. The molecule has 12 heavy (non-hydrogen) atoms. The average Bonchev–Trinajstić information content (AvgIpc) is 2.01. The fourth-order valence-corrected chi connectivity index (χ4v) is 1.19. The summed E-state index contributed by atoms with van der Waals surface area (Å²) in [5.41, 5.74) is 5.34. The molecule has 0 unspecified atom stereocenters. The van der Waals surface area contributed by atoms with Crippen LogP contribution in [0.1, 0.15) is 11.1 Å². The van der Waals surface area contributed by atoms with Gasteiger partial charge in [0, 0.05) is 17.7 Å². The van der Waals surface area contributed by atoms with Gasteiger partial charge in [0.2, 0.25) is 0 Å². The molecule has 4 heteroatoms. The highest BCUT2D eigenvalue weighted by Crippen LogP contribution is 2.23. The zero-order valence-corrected chi connectivity index (χ0v) is 7.25. The molecule has 0 aliphatic heterocycles. The second-order valence-electron chi connectivity index (χ2n) is 2.46. The third-order valence-corrected chi connectivity index (χ3v) is 2.04. The van der Waals surface area contributed by atoms with Gasteiger partial charge in [0.25, 0.3) is 0 Å². The van der Waals surface area contributed by atoms with E-state index in [1.807, 2.05) is 0 Å². The number of hydrogen-bond donors (Lipinski definition) is 1. The van der Waals surface area contributed by atoms with Crippen LogP contribution < -0.4 is 5.73 Å². The molecule has 0 spiro atoms. The van der Waals surface area contributed by atoms with Gasteiger partial charge in [-0.25, -0.2) is 8.78 Å². The van der Waals surface area contributed by atoms with Gasteiger partial charge in [0.1, 0.15) is 11.6 Å². The first-order valence-corrected chi connectivity index (χ1v) is 3.78. The van der Waals surface area contributed by atoms with Gasteiger partial charge >= 0.3 is 0 Å². The van der Waals surface area contributed by atoms with Crippen molar-refractivity contribution in [1.29, 1.82) is 0 Å². The molecule has 0 bridgehead atoms. The van der Waals surface area contributed by atoms with Crippen LogP contribution in [-0.4, -0.2) is 0 Å². The maximum absolute atomic E-state index is 13.1. The van der Waals surface area contributed by atoms with Crippen molar-refractivity contribution in [2.24, 2.45) is 5.73 Å². The van der Waals surface area contributed by atoms with Gasteiger partial charge in [-0.05, 0) is 13.0 Å². The van der Waals surface area contributed by atoms with Gasteiger partial charge in [-0.3, -0.25) is 0 Å². The predicted octanol–water partition coefficient (Wildman–Crippen LogP) is 2.39. The topological polar surface area (TPSA) is 26.0 Å². The number of rotatable bonds is 1. The number of hydrogen-bond acceptors (Lipinski definition) is 1. The fourth-order valence-electron chi connectivity index (χ4n) is 0.930. The molecule has 0 heterocycles. The molecule has 0 atom stereocenters. The summed E-state index contributed by atoms with van der Waals surface area (Å²) < 4.78 is 25.9. The molecule has 0 aliphatic carbocycles. The first-order valence-electron chi connectivity index (χ1n) is 3.41. The third-order valence-electron chi connectivity index (χ3n) is 1.70. The second kappa shape index (κ2) is 3.37. The van der Waals surface area contributed by atoms with Gasteiger partial charge in [-0.15, -0.1) is 0 Å². The van der Waals surface area contributed by atoms with E-state index in [2.05, 4.69) is 0 Å². The Kier molecular flexibility index (Phi) is 2.65. The quantitative estimate of drug-likeness (QED) is 0.725. The maximum Gasteiger partial charge on any atom is 0.135 e. The van der Waals surface area contributed by atoms with E-state index in [0.717, 1.165) is 6.07 Å². The molecular weight excluding hydrogens is 184 g/mol. The van der Waals surface area contributed by atoms with E-state index >= 15 is 0 Å². The van der Waals surface area contributed by atoms with Gasteiger partial charge in [-0.2, -0.15) is 0 Å². The highest BCUT2D eigenvalue weighted by Gasteiger charge is 2.12. The lowest BCUT2D eigenvalue weighted by molar-refractivity contribution is 0.558. The smallest absolute Gasteiger partial charge is 0.135 e. The molecule has 1 aromatic rings. The van der Waals surface area contributed by atoms with Crippen molar-refractivity contribution in [3.8, 4) is 0 Å². The summed E-state index contributed by atoms with van der Waals surface area (Å²) in [6.07, 6.45) is 0. The van der Waals surface area contributed by atoms with Crippen LogP contribution >= 0.6 is 11.6 Å². The lowest BCUT2D eigenvalue weighted by atomic mass is 10.1. The lowest BCUT2D eigenvalue weighted by Crippen LogP contribution is -2.04. The Morgan fingerprint density at radius 1 is 1.50 bits per heavy atom. The van der Waals surface area contributed by atoms with Gasteiger partial charge in [-0.1, -0.05) is 11.6 Å². The molecular formula is C8H8ClF2N. The average molecular weight is 192 g/mol. The van der Waals surface area contributed by atoms with Crippen LogP contribution in [0.4, 0.5) is 8.78 Å². The highest BCUT2D eigenvalue weighted by atomic mass is 35.5. The Labute approximate surface area is 74.1 Å². The first-order chi connectivity index (χ1) is 5.57. The summed E-state index contributed by atoms with van der Waals surface area (Å²) in [5, 5.41) is 0.0399. The molecule has 66 valence electrons. The molecule has 0 aromatic heterocycles. The van der Waals surface area contributed by atoms with Crippen LogP contribution in [0.2, 0.25) is 5.02 Å². The minimum absolute atomic E-state index is 0.0220. The minimum atomic E-state index is -0.650. The molecule has 0 saturated carbocycles. The van der Waals surface area contributed by atoms with Crippen molar-refractivity contribution in [2.45, 2.75) is 13.5 Å². The summed E-state index contributed by atoms with van der Waals surface area (Å²) in [4.78, 5) is 0. The van der Waals surface area contributed by atoms with E-state index in [4.69, 9.17) is 17.3 Å². The molecule has 2 N–H and O–H groups in total. The van der Waals surface area contributed by atoms with Crippen LogP contribution in [0.3, 0.4) is 0 Å². The number of benzene rings is 1. The van der Waals surface area contributed by atoms with Crippen LogP contribution in [0.5, 0.6) is 0 Å². The largest absolute Gasteiger partial charge is 0.326 e. The van der Waals surface area contributed by atoms with E-state index in [9.17, 15) is 8.78 Å². The standard InChI is InChI=1S/C8H8ClF2N/c1-4-7(10)2-6(9)5(3-12)8(4)11/h2H,3,12H2,1H3. The van der Waals surface area contributed by atoms with Gasteiger partial charge in [0.15, 0.2) is 0 Å². The van der Waals surface area contributed by atoms with Crippen molar-refractivity contribution in [3.63, 3.8) is 0 Å². The normalized spacial score (nSPS) is 10.4. The van der Waals surface area contributed by atoms with Crippen molar-refractivity contribution in [2.75, 3.05) is 0 Å². The van der Waals surface area contributed by atoms with Gasteiger partial charge in [0.05, 0.1) is 5.02 Å². The predicted molar refractivity (Wildman–Crippen MR) is 44.0 cm³/mol. The van der Waals surface area contributed by atoms with Crippen molar-refractivity contribution in [3.05, 3.63) is 33.9 Å². The highest BCUT2D eigenvalue weighted by molar-refractivity contribution is 6.31. The summed E-state index contributed by atoms with van der Waals surface area (Å²) in [6.45, 7) is 1.33. The Morgan fingerprint density at radius 2 is 2.08 bits per heavy atom. The fraction of sp³-hybridized carbons (Fsp3) is 0.250. The van der Waals surface area contributed by atoms with Crippen LogP contribution in [-0.2, 0) is 6.54 Å². The van der Waals surface area contributed by atoms with E-state index in [-0.39, 0.29) is 22.7 Å². The Morgan fingerprint density at radius 3 is 2.58 bits per heavy atom. The molecule has 1 rings (SSSR count). The molecule has 1 aromatic carbocycles. The van der Waals surface area contributed by atoms with Crippen molar-refractivity contribution < 1.29 is 8.78 Å². The SMILES string of the molecule is Cc1c(F)cc(Cl)c(CN)c1F. The lowest BCUT2D eigenvalue weighted by Gasteiger charge is -2.06. The Bertz CT molecular complexity index is 312. The molecule has 0 amide bonds. The van der Waals surface area contributed by atoms with Crippen LogP contribution in [0.25, 0.3) is 0 Å². The summed E-state index contributed by atoms with van der Waals surface area (Å²) in [5.74, 6) is -1.29. The Balaban J connectivity index is 3.40. The Hall–Kier alpha value is -0.670. The second-order valence-corrected chi connectivity index (χ2v) is 2.87. The van der Waals surface area contributed by atoms with E-state index in [1.54, 1.807) is 0 Å². The molecule has 0 radical (unpaired) electrons. The molecule has 0 fully saturated rings. The number of nitrogens with two attached hydrogens (primary N) is 1. The first kappa shape index (κ1) is 9.42. The molecule has 1 nitrogen and oxygen atoms in total. The van der Waals surface area contributed by atoms with E-state index < -0.39 is 11.6 Å². The third kappa shape index (κ3) is 1.42. The number of halogens is 3. The van der Waals surface area contributed by atoms with E-state index in [1.165, 1.54) is 6.92 Å². The van der Waals surface area contributed by atoms with Crippen molar-refractivity contribution >= 4 is 11.6 Å². The summed E-state index contributed by atoms with van der Waals surface area (Å²) >= 11 is 5.55. The monoisotopic (exact) mass is 191 g/mol.